The Kier molecular flexibility index (Phi) is 5.64. The van der Waals surface area contributed by atoms with Gasteiger partial charge in [-0.2, -0.15) is 0 Å². The Bertz CT molecular complexity index is 1220. The SMILES string of the molecule is C=CC1CN2CC[C@@H]1CC2C(OC(=O)c1cccc([N+](=O)[O-])c1)c1ccnc2ccccc12. The second-order valence-corrected chi connectivity index (χ2v) is 8.80. The standard InChI is InChI=1S/C26H25N3O4/c1-2-17-16-28-13-11-18(17)15-24(28)25(22-10-12-27-23-9-4-3-8-21(22)23)33-26(30)19-6-5-7-20(14-19)29(31)32/h2-10,12,14,17-18,24-25H,1,11,13,15-16H2/t17?,18-,24?,25?/m1/s1. The molecule has 2 bridgehead atoms. The third-order valence-electron chi connectivity index (χ3n) is 7.02. The summed E-state index contributed by atoms with van der Waals surface area (Å²) in [4.78, 5) is 30.8. The third kappa shape index (κ3) is 4.00. The summed E-state index contributed by atoms with van der Waals surface area (Å²) in [6, 6.07) is 15.5. The van der Waals surface area contributed by atoms with Crippen LogP contribution in [-0.2, 0) is 4.74 Å². The Balaban J connectivity index is 1.53. The van der Waals surface area contributed by atoms with Crippen LogP contribution in [0.15, 0.2) is 73.4 Å². The van der Waals surface area contributed by atoms with Gasteiger partial charge in [0, 0.05) is 35.8 Å². The molecule has 0 aliphatic carbocycles. The molecule has 33 heavy (non-hydrogen) atoms. The van der Waals surface area contributed by atoms with E-state index in [4.69, 9.17) is 4.74 Å². The van der Waals surface area contributed by atoms with Crippen molar-refractivity contribution in [1.82, 2.24) is 9.88 Å². The number of hydrogen-bond acceptors (Lipinski definition) is 6. The lowest BCUT2D eigenvalue weighted by molar-refractivity contribution is -0.384. The van der Waals surface area contributed by atoms with Crippen LogP contribution in [0.1, 0.15) is 34.9 Å². The Morgan fingerprint density at radius 3 is 2.85 bits per heavy atom. The van der Waals surface area contributed by atoms with Crippen molar-refractivity contribution in [1.29, 1.82) is 0 Å². The van der Waals surface area contributed by atoms with Crippen LogP contribution < -0.4 is 0 Å². The molecule has 7 heteroatoms. The number of nitrogens with zero attached hydrogens (tertiary/aromatic N) is 3. The molecule has 0 radical (unpaired) electrons. The molecule has 1 aromatic heterocycles. The Morgan fingerprint density at radius 1 is 1.24 bits per heavy atom. The van der Waals surface area contributed by atoms with Gasteiger partial charge < -0.3 is 4.74 Å². The fraction of sp³-hybridized carbons (Fsp3) is 0.308. The van der Waals surface area contributed by atoms with Crippen molar-refractivity contribution in [2.24, 2.45) is 11.8 Å². The molecule has 0 amide bonds. The molecule has 5 atom stereocenters. The molecular weight excluding hydrogens is 418 g/mol. The zero-order valence-electron chi connectivity index (χ0n) is 18.2. The van der Waals surface area contributed by atoms with Crippen molar-refractivity contribution in [3.8, 4) is 0 Å². The Labute approximate surface area is 191 Å². The number of non-ortho nitro benzene ring substituents is 1. The highest BCUT2D eigenvalue weighted by Crippen LogP contribution is 2.43. The number of carbonyl (C=O) groups excluding carboxylic acids is 1. The quantitative estimate of drug-likeness (QED) is 0.232. The first-order valence-electron chi connectivity index (χ1n) is 11.2. The van der Waals surface area contributed by atoms with Crippen LogP contribution in [-0.4, -0.2) is 39.9 Å². The van der Waals surface area contributed by atoms with Crippen molar-refractivity contribution in [3.05, 3.63) is 94.7 Å². The number of aromatic nitrogens is 1. The van der Waals surface area contributed by atoms with Gasteiger partial charge in [-0.15, -0.1) is 6.58 Å². The van der Waals surface area contributed by atoms with E-state index < -0.39 is 17.0 Å². The largest absolute Gasteiger partial charge is 0.452 e. The van der Waals surface area contributed by atoms with E-state index >= 15 is 0 Å². The van der Waals surface area contributed by atoms with Crippen molar-refractivity contribution in [3.63, 3.8) is 0 Å². The van der Waals surface area contributed by atoms with E-state index in [2.05, 4.69) is 16.5 Å². The van der Waals surface area contributed by atoms with Crippen molar-refractivity contribution in [2.75, 3.05) is 13.1 Å². The summed E-state index contributed by atoms with van der Waals surface area (Å²) in [7, 11) is 0. The smallest absolute Gasteiger partial charge is 0.339 e. The van der Waals surface area contributed by atoms with E-state index in [-0.39, 0.29) is 17.3 Å². The van der Waals surface area contributed by atoms with E-state index in [1.807, 2.05) is 36.4 Å². The first kappa shape index (κ1) is 21.3. The molecule has 3 aliphatic heterocycles. The van der Waals surface area contributed by atoms with Gasteiger partial charge in [0.05, 0.1) is 22.0 Å². The van der Waals surface area contributed by atoms with Gasteiger partial charge in [0.2, 0.25) is 0 Å². The average Bonchev–Trinajstić information content (AvgIpc) is 2.87. The highest BCUT2D eigenvalue weighted by Gasteiger charge is 2.44. The predicted octanol–water partition coefficient (Wildman–Crippen LogP) is 4.94. The molecule has 6 rings (SSSR count). The maximum atomic E-state index is 13.2. The summed E-state index contributed by atoms with van der Waals surface area (Å²) in [6.45, 7) is 5.85. The van der Waals surface area contributed by atoms with Gasteiger partial charge in [-0.1, -0.05) is 30.3 Å². The number of nitro benzene ring substituents is 1. The number of ether oxygens (including phenoxy) is 1. The first-order valence-corrected chi connectivity index (χ1v) is 11.2. The van der Waals surface area contributed by atoms with Crippen LogP contribution in [0.5, 0.6) is 0 Å². The summed E-state index contributed by atoms with van der Waals surface area (Å²) in [5.74, 6) is 0.384. The third-order valence-corrected chi connectivity index (χ3v) is 7.02. The van der Waals surface area contributed by atoms with Crippen molar-refractivity contribution < 1.29 is 14.5 Å². The lowest BCUT2D eigenvalue weighted by atomic mass is 9.73. The number of hydrogen-bond donors (Lipinski definition) is 0. The van der Waals surface area contributed by atoms with Gasteiger partial charge in [-0.05, 0) is 49.4 Å². The second kappa shape index (κ2) is 8.75. The summed E-state index contributed by atoms with van der Waals surface area (Å²) in [6.07, 6.45) is 5.28. The van der Waals surface area contributed by atoms with Gasteiger partial charge in [0.1, 0.15) is 6.10 Å². The lowest BCUT2D eigenvalue weighted by Crippen LogP contribution is -2.55. The Morgan fingerprint density at radius 2 is 2.09 bits per heavy atom. The molecular formula is C26H25N3O4. The summed E-state index contributed by atoms with van der Waals surface area (Å²) >= 11 is 0. The first-order chi connectivity index (χ1) is 16.0. The maximum absolute atomic E-state index is 13.2. The number of esters is 1. The summed E-state index contributed by atoms with van der Waals surface area (Å²) in [5, 5.41) is 12.1. The second-order valence-electron chi connectivity index (χ2n) is 8.80. The number of piperidine rings is 3. The van der Waals surface area contributed by atoms with Gasteiger partial charge in [-0.25, -0.2) is 4.79 Å². The molecule has 7 nitrogen and oxygen atoms in total. The molecule has 0 spiro atoms. The van der Waals surface area contributed by atoms with E-state index in [9.17, 15) is 14.9 Å². The van der Waals surface area contributed by atoms with Gasteiger partial charge >= 0.3 is 5.97 Å². The van der Waals surface area contributed by atoms with Crippen LogP contribution in [0.4, 0.5) is 5.69 Å². The van der Waals surface area contributed by atoms with Crippen LogP contribution in [0.3, 0.4) is 0 Å². The fourth-order valence-electron chi connectivity index (χ4n) is 5.34. The molecule has 4 heterocycles. The van der Waals surface area contributed by atoms with Crippen LogP contribution in [0, 0.1) is 22.0 Å². The topological polar surface area (TPSA) is 85.6 Å². The number of para-hydroxylation sites is 1. The number of carbonyl (C=O) groups is 1. The van der Waals surface area contributed by atoms with E-state index in [0.717, 1.165) is 42.4 Å². The molecule has 0 saturated carbocycles. The normalized spacial score (nSPS) is 24.8. The number of benzene rings is 2. The van der Waals surface area contributed by atoms with Gasteiger partial charge in [-0.3, -0.25) is 20.0 Å². The number of rotatable bonds is 6. The minimum atomic E-state index is -0.562. The molecule has 168 valence electrons. The maximum Gasteiger partial charge on any atom is 0.339 e. The molecule has 4 unspecified atom stereocenters. The van der Waals surface area contributed by atoms with E-state index in [0.29, 0.717) is 11.8 Å². The molecule has 0 N–H and O–H groups in total. The van der Waals surface area contributed by atoms with Crippen molar-refractivity contribution in [2.45, 2.75) is 25.0 Å². The highest BCUT2D eigenvalue weighted by molar-refractivity contribution is 5.91. The molecule has 3 aromatic rings. The predicted molar refractivity (Wildman–Crippen MR) is 125 cm³/mol. The highest BCUT2D eigenvalue weighted by atomic mass is 16.6. The lowest BCUT2D eigenvalue weighted by Gasteiger charge is -2.51. The average molecular weight is 444 g/mol. The van der Waals surface area contributed by atoms with E-state index in [1.54, 1.807) is 12.3 Å². The zero-order chi connectivity index (χ0) is 22.9. The van der Waals surface area contributed by atoms with Gasteiger partial charge in [0.15, 0.2) is 0 Å². The molecule has 3 aliphatic rings. The minimum Gasteiger partial charge on any atom is -0.452 e. The van der Waals surface area contributed by atoms with Gasteiger partial charge in [0.25, 0.3) is 5.69 Å². The summed E-state index contributed by atoms with van der Waals surface area (Å²) < 4.78 is 6.17. The molecule has 3 saturated heterocycles. The van der Waals surface area contributed by atoms with Crippen LogP contribution in [0.2, 0.25) is 0 Å². The number of pyridine rings is 1. The van der Waals surface area contributed by atoms with Crippen LogP contribution in [0.25, 0.3) is 10.9 Å². The number of nitro groups is 1. The van der Waals surface area contributed by atoms with E-state index in [1.165, 1.54) is 18.2 Å². The zero-order valence-corrected chi connectivity index (χ0v) is 18.2. The summed E-state index contributed by atoms with van der Waals surface area (Å²) in [5.41, 5.74) is 1.79. The van der Waals surface area contributed by atoms with Crippen LogP contribution >= 0.6 is 0 Å². The minimum absolute atomic E-state index is 0.0217. The van der Waals surface area contributed by atoms with Crippen molar-refractivity contribution >= 4 is 22.6 Å². The Hall–Kier alpha value is -3.58. The molecule has 2 aromatic carbocycles. The molecule has 3 fully saturated rings. The number of fused-ring (bicyclic) bond motifs is 4. The fourth-order valence-corrected chi connectivity index (χ4v) is 5.34. The monoisotopic (exact) mass is 443 g/mol.